The second kappa shape index (κ2) is 9.91. The Labute approximate surface area is 207 Å². The number of aryl methyl sites for hydroxylation is 1. The normalized spacial score (nSPS) is 16.0. The van der Waals surface area contributed by atoms with Crippen LogP contribution in [0.15, 0.2) is 42.7 Å². The standard InChI is InChI=1S/C26H30F3N5O2/c1-25(2,3)21-16-33-13-11-17(14-22(33)31-21)20(35)10-7-12-30-24(36)19-15-34(18-8-5-4-6-9-18)32-23(19)26(27,28)29/h4-6,8-9,15-17H,7,10-14H2,1-3H3,(H,30,36). The fraction of sp³-hybridized carbons (Fsp3) is 0.462. The molecule has 4 rings (SSSR count). The largest absolute Gasteiger partial charge is 0.435 e. The predicted octanol–water partition coefficient (Wildman–Crippen LogP) is 4.73. The molecule has 1 aliphatic heterocycles. The van der Waals surface area contributed by atoms with Crippen LogP contribution in [-0.4, -0.2) is 37.6 Å². The highest BCUT2D eigenvalue weighted by Gasteiger charge is 2.39. The molecule has 0 aliphatic carbocycles. The number of rotatable bonds is 7. The van der Waals surface area contributed by atoms with Gasteiger partial charge in [-0.3, -0.25) is 9.59 Å². The molecular formula is C26H30F3N5O2. The summed E-state index contributed by atoms with van der Waals surface area (Å²) in [4.78, 5) is 30.0. The highest BCUT2D eigenvalue weighted by atomic mass is 19.4. The maximum Gasteiger partial charge on any atom is 0.435 e. The quantitative estimate of drug-likeness (QED) is 0.475. The first-order valence-corrected chi connectivity index (χ1v) is 12.0. The van der Waals surface area contributed by atoms with Crippen molar-refractivity contribution in [3.05, 3.63) is 65.5 Å². The fourth-order valence-electron chi connectivity index (χ4n) is 4.29. The molecule has 1 N–H and O–H groups in total. The van der Waals surface area contributed by atoms with Crippen molar-refractivity contribution in [3.63, 3.8) is 0 Å². The van der Waals surface area contributed by atoms with Crippen molar-refractivity contribution in [2.24, 2.45) is 5.92 Å². The highest BCUT2D eigenvalue weighted by molar-refractivity contribution is 5.95. The van der Waals surface area contributed by atoms with Gasteiger partial charge < -0.3 is 9.88 Å². The second-order valence-corrected chi connectivity index (χ2v) is 10.2. The number of hydrogen-bond acceptors (Lipinski definition) is 4. The summed E-state index contributed by atoms with van der Waals surface area (Å²) in [5, 5.41) is 6.10. The van der Waals surface area contributed by atoms with Crippen LogP contribution in [0.1, 0.15) is 67.6 Å². The van der Waals surface area contributed by atoms with E-state index in [0.717, 1.165) is 35.4 Å². The molecule has 7 nitrogen and oxygen atoms in total. The van der Waals surface area contributed by atoms with E-state index < -0.39 is 23.3 Å². The minimum Gasteiger partial charge on any atom is -0.352 e. The fourth-order valence-corrected chi connectivity index (χ4v) is 4.29. The molecule has 1 aliphatic rings. The summed E-state index contributed by atoms with van der Waals surface area (Å²) in [6.07, 6.45) is 0.252. The van der Waals surface area contributed by atoms with Crippen LogP contribution in [-0.2, 0) is 29.4 Å². The van der Waals surface area contributed by atoms with Crippen LogP contribution in [0.2, 0.25) is 0 Å². The Kier molecular flexibility index (Phi) is 7.06. The van der Waals surface area contributed by atoms with Crippen LogP contribution in [0.4, 0.5) is 13.2 Å². The molecule has 0 saturated carbocycles. The number of imidazole rings is 1. The van der Waals surface area contributed by atoms with E-state index in [2.05, 4.69) is 42.0 Å². The summed E-state index contributed by atoms with van der Waals surface area (Å²) in [6, 6.07) is 8.27. The molecule has 1 unspecified atom stereocenters. The van der Waals surface area contributed by atoms with Gasteiger partial charge in [-0.25, -0.2) is 9.67 Å². The topological polar surface area (TPSA) is 81.8 Å². The molecule has 0 fully saturated rings. The monoisotopic (exact) mass is 501 g/mol. The molecule has 1 aromatic carbocycles. The van der Waals surface area contributed by atoms with E-state index in [9.17, 15) is 22.8 Å². The van der Waals surface area contributed by atoms with E-state index in [-0.39, 0.29) is 30.1 Å². The number of nitrogens with zero attached hydrogens (tertiary/aromatic N) is 4. The number of aromatic nitrogens is 4. The van der Waals surface area contributed by atoms with Gasteiger partial charge in [-0.15, -0.1) is 0 Å². The number of amides is 1. The van der Waals surface area contributed by atoms with Crippen LogP contribution in [0.25, 0.3) is 5.69 Å². The lowest BCUT2D eigenvalue weighted by Crippen LogP contribution is -2.29. The Morgan fingerprint density at radius 3 is 2.50 bits per heavy atom. The summed E-state index contributed by atoms with van der Waals surface area (Å²) in [6.45, 7) is 7.12. The Morgan fingerprint density at radius 1 is 1.11 bits per heavy atom. The lowest BCUT2D eigenvalue weighted by molar-refractivity contribution is -0.141. The third kappa shape index (κ3) is 5.68. The molecule has 10 heteroatoms. The van der Waals surface area contributed by atoms with Crippen molar-refractivity contribution in [2.45, 2.75) is 64.6 Å². The van der Waals surface area contributed by atoms with Gasteiger partial charge in [-0.05, 0) is 25.0 Å². The van der Waals surface area contributed by atoms with Crippen molar-refractivity contribution in [1.82, 2.24) is 24.6 Å². The smallest absolute Gasteiger partial charge is 0.352 e. The molecule has 0 saturated heterocycles. The van der Waals surface area contributed by atoms with Crippen molar-refractivity contribution in [2.75, 3.05) is 6.54 Å². The van der Waals surface area contributed by atoms with Gasteiger partial charge in [0, 0.05) is 49.7 Å². The molecular weight excluding hydrogens is 471 g/mol. The second-order valence-electron chi connectivity index (χ2n) is 10.2. The van der Waals surface area contributed by atoms with Gasteiger partial charge in [0.25, 0.3) is 5.91 Å². The first-order chi connectivity index (χ1) is 16.9. The van der Waals surface area contributed by atoms with E-state index in [0.29, 0.717) is 18.5 Å². The van der Waals surface area contributed by atoms with Crippen LogP contribution in [0.5, 0.6) is 0 Å². The van der Waals surface area contributed by atoms with Gasteiger partial charge in [0.15, 0.2) is 5.69 Å². The van der Waals surface area contributed by atoms with E-state index in [1.54, 1.807) is 30.3 Å². The number of carbonyl (C=O) groups is 2. The van der Waals surface area contributed by atoms with Crippen molar-refractivity contribution < 1.29 is 22.8 Å². The van der Waals surface area contributed by atoms with Gasteiger partial charge in [-0.1, -0.05) is 39.0 Å². The number of Topliss-reactive ketones (excluding diaryl/α,β-unsaturated/α-hetero) is 1. The van der Waals surface area contributed by atoms with Crippen LogP contribution < -0.4 is 5.32 Å². The predicted molar refractivity (Wildman–Crippen MR) is 128 cm³/mol. The zero-order valence-electron chi connectivity index (χ0n) is 20.6. The Morgan fingerprint density at radius 2 is 1.83 bits per heavy atom. The third-order valence-corrected chi connectivity index (χ3v) is 6.36. The summed E-state index contributed by atoms with van der Waals surface area (Å²) in [5.74, 6) is -0.00710. The van der Waals surface area contributed by atoms with E-state index in [1.165, 1.54) is 0 Å². The van der Waals surface area contributed by atoms with Gasteiger partial charge in [0.1, 0.15) is 11.6 Å². The summed E-state index contributed by atoms with van der Waals surface area (Å²) in [7, 11) is 0. The molecule has 0 radical (unpaired) electrons. The maximum atomic E-state index is 13.5. The molecule has 1 atom stereocenters. The Hall–Kier alpha value is -3.43. The number of nitrogens with one attached hydrogen (secondary N) is 1. The zero-order chi connectivity index (χ0) is 26.1. The lowest BCUT2D eigenvalue weighted by atomic mass is 9.91. The minimum absolute atomic E-state index is 0.0639. The summed E-state index contributed by atoms with van der Waals surface area (Å²) < 4.78 is 43.7. The molecule has 0 bridgehead atoms. The molecule has 0 spiro atoms. The van der Waals surface area contributed by atoms with Crippen LogP contribution in [0, 0.1) is 5.92 Å². The molecule has 2 aromatic heterocycles. The van der Waals surface area contributed by atoms with Crippen LogP contribution in [0.3, 0.4) is 0 Å². The van der Waals surface area contributed by atoms with E-state index in [4.69, 9.17) is 4.98 Å². The average Bonchev–Trinajstić information content (AvgIpc) is 3.46. The number of hydrogen-bond donors (Lipinski definition) is 1. The zero-order valence-corrected chi connectivity index (χ0v) is 20.6. The van der Waals surface area contributed by atoms with Crippen molar-refractivity contribution in [3.8, 4) is 5.69 Å². The molecule has 1 amide bonds. The summed E-state index contributed by atoms with van der Waals surface area (Å²) >= 11 is 0. The molecule has 36 heavy (non-hydrogen) atoms. The van der Waals surface area contributed by atoms with Crippen molar-refractivity contribution >= 4 is 11.7 Å². The van der Waals surface area contributed by atoms with E-state index in [1.807, 2.05) is 0 Å². The minimum atomic E-state index is -4.78. The molecule has 3 aromatic rings. The number of benzene rings is 1. The van der Waals surface area contributed by atoms with Crippen LogP contribution >= 0.6 is 0 Å². The molecule has 192 valence electrons. The number of ketones is 1. The van der Waals surface area contributed by atoms with E-state index >= 15 is 0 Å². The lowest BCUT2D eigenvalue weighted by Gasteiger charge is -2.22. The Balaban J connectivity index is 1.32. The SMILES string of the molecule is CC(C)(C)c1cn2c(n1)CC(C(=O)CCCNC(=O)c1cn(-c3ccccc3)nc1C(F)(F)F)CC2. The van der Waals surface area contributed by atoms with Gasteiger partial charge >= 0.3 is 6.18 Å². The number of alkyl halides is 3. The average molecular weight is 502 g/mol. The number of fused-ring (bicyclic) bond motifs is 1. The maximum absolute atomic E-state index is 13.5. The Bertz CT molecular complexity index is 1240. The first kappa shape index (κ1) is 25.7. The third-order valence-electron chi connectivity index (χ3n) is 6.36. The molecule has 3 heterocycles. The first-order valence-electron chi connectivity index (χ1n) is 12.0. The van der Waals surface area contributed by atoms with Gasteiger partial charge in [0.05, 0.1) is 16.9 Å². The van der Waals surface area contributed by atoms with Gasteiger partial charge in [-0.2, -0.15) is 18.3 Å². The number of carbonyl (C=O) groups excluding carboxylic acids is 2. The van der Waals surface area contributed by atoms with Crippen molar-refractivity contribution in [1.29, 1.82) is 0 Å². The van der Waals surface area contributed by atoms with Gasteiger partial charge in [0.2, 0.25) is 0 Å². The number of para-hydroxylation sites is 1. The number of halogens is 3. The summed E-state index contributed by atoms with van der Waals surface area (Å²) in [5.41, 5.74) is -0.442. The highest BCUT2D eigenvalue weighted by Crippen LogP contribution is 2.31.